The first kappa shape index (κ1) is 25.1. The maximum atomic E-state index is 13.6. The molecule has 3 atom stereocenters. The van der Waals surface area contributed by atoms with Gasteiger partial charge in [-0.2, -0.15) is 0 Å². The van der Waals surface area contributed by atoms with E-state index in [4.69, 9.17) is 0 Å². The van der Waals surface area contributed by atoms with Crippen molar-refractivity contribution in [2.45, 2.75) is 58.2 Å². The molecule has 0 saturated carbocycles. The molecule has 0 bridgehead atoms. The van der Waals surface area contributed by atoms with Gasteiger partial charge in [-0.05, 0) is 60.1 Å². The van der Waals surface area contributed by atoms with Crippen molar-refractivity contribution in [1.29, 1.82) is 0 Å². The highest BCUT2D eigenvalue weighted by molar-refractivity contribution is 5.73. The Hall–Kier alpha value is -2.51. The number of benzene rings is 2. The Kier molecular flexibility index (Phi) is 8.43. The minimum Gasteiger partial charge on any atom is -0.390 e. The summed E-state index contributed by atoms with van der Waals surface area (Å²) in [6.07, 6.45) is 1.09. The summed E-state index contributed by atoms with van der Waals surface area (Å²) in [5.74, 6) is -1.11. The number of hydrogen-bond donors (Lipinski definition) is 3. The van der Waals surface area contributed by atoms with Gasteiger partial charge >= 0.3 is 0 Å². The highest BCUT2D eigenvalue weighted by Crippen LogP contribution is 2.34. The van der Waals surface area contributed by atoms with E-state index < -0.39 is 23.8 Å². The van der Waals surface area contributed by atoms with E-state index in [0.717, 1.165) is 25.5 Å². The van der Waals surface area contributed by atoms with E-state index in [2.05, 4.69) is 54.6 Å². The third-order valence-electron chi connectivity index (χ3n) is 6.08. The molecule has 0 fully saturated rings. The lowest BCUT2D eigenvalue weighted by Crippen LogP contribution is -2.49. The summed E-state index contributed by atoms with van der Waals surface area (Å²) >= 11 is 0. The number of rotatable bonds is 9. The first-order valence-corrected chi connectivity index (χ1v) is 11.6. The number of amides is 1. The van der Waals surface area contributed by atoms with E-state index in [0.29, 0.717) is 11.5 Å². The van der Waals surface area contributed by atoms with Crippen molar-refractivity contribution in [2.24, 2.45) is 5.92 Å². The lowest BCUT2D eigenvalue weighted by atomic mass is 9.92. The first-order valence-electron chi connectivity index (χ1n) is 11.6. The second-order valence-corrected chi connectivity index (χ2v) is 9.52. The van der Waals surface area contributed by atoms with Crippen LogP contribution in [0.1, 0.15) is 49.9 Å². The maximum Gasteiger partial charge on any atom is 0.217 e. The SMILES string of the molecule is CC(=O)N[C@@H](Cc1cc(F)cc(F)c1)[C@@H](O)CN[C@H]1CCN(C)c2ccc(CC(C)C)cc21. The molecule has 3 rings (SSSR count). The van der Waals surface area contributed by atoms with Crippen LogP contribution in [-0.4, -0.2) is 43.3 Å². The van der Waals surface area contributed by atoms with Crippen LogP contribution in [0, 0.1) is 17.6 Å². The Balaban J connectivity index is 1.72. The molecular weight excluding hydrogens is 424 g/mol. The van der Waals surface area contributed by atoms with Crippen LogP contribution in [0.25, 0.3) is 0 Å². The minimum atomic E-state index is -0.929. The van der Waals surface area contributed by atoms with Gasteiger partial charge in [-0.25, -0.2) is 8.78 Å². The van der Waals surface area contributed by atoms with Gasteiger partial charge in [0.2, 0.25) is 5.91 Å². The molecule has 1 amide bonds. The third kappa shape index (κ3) is 6.98. The normalized spacial score (nSPS) is 17.6. The summed E-state index contributed by atoms with van der Waals surface area (Å²) in [5.41, 5.74) is 4.05. The smallest absolute Gasteiger partial charge is 0.217 e. The molecule has 33 heavy (non-hydrogen) atoms. The van der Waals surface area contributed by atoms with Crippen molar-refractivity contribution in [1.82, 2.24) is 10.6 Å². The number of nitrogens with one attached hydrogen (secondary N) is 2. The van der Waals surface area contributed by atoms with E-state index in [1.807, 2.05) is 0 Å². The summed E-state index contributed by atoms with van der Waals surface area (Å²) in [6.45, 7) is 6.89. The van der Waals surface area contributed by atoms with Gasteiger partial charge in [0.25, 0.3) is 0 Å². The predicted molar refractivity (Wildman–Crippen MR) is 127 cm³/mol. The van der Waals surface area contributed by atoms with Crippen LogP contribution in [0.3, 0.4) is 0 Å². The average molecular weight is 460 g/mol. The molecule has 0 radical (unpaired) electrons. The largest absolute Gasteiger partial charge is 0.390 e. The van der Waals surface area contributed by atoms with Gasteiger partial charge in [-0.3, -0.25) is 4.79 Å². The van der Waals surface area contributed by atoms with Gasteiger partial charge < -0.3 is 20.6 Å². The molecule has 2 aromatic carbocycles. The van der Waals surface area contributed by atoms with Gasteiger partial charge in [0.1, 0.15) is 11.6 Å². The molecule has 0 aliphatic carbocycles. The number of aliphatic hydroxyl groups is 1. The molecule has 3 N–H and O–H groups in total. The Morgan fingerprint density at radius 2 is 1.82 bits per heavy atom. The zero-order valence-electron chi connectivity index (χ0n) is 19.9. The number of aliphatic hydroxyl groups excluding tert-OH is 1. The Labute approximate surface area is 195 Å². The fourth-order valence-electron chi connectivity index (χ4n) is 4.57. The molecule has 2 aromatic rings. The Morgan fingerprint density at radius 1 is 1.12 bits per heavy atom. The van der Waals surface area contributed by atoms with Gasteiger partial charge in [0.15, 0.2) is 0 Å². The average Bonchev–Trinajstić information content (AvgIpc) is 2.71. The first-order chi connectivity index (χ1) is 15.6. The molecule has 0 aromatic heterocycles. The second-order valence-electron chi connectivity index (χ2n) is 9.52. The molecule has 1 aliphatic rings. The van der Waals surface area contributed by atoms with Crippen molar-refractivity contribution in [3.8, 4) is 0 Å². The summed E-state index contributed by atoms with van der Waals surface area (Å²) in [4.78, 5) is 14.0. The van der Waals surface area contributed by atoms with E-state index >= 15 is 0 Å². The van der Waals surface area contributed by atoms with Crippen molar-refractivity contribution in [3.63, 3.8) is 0 Å². The lowest BCUT2D eigenvalue weighted by molar-refractivity contribution is -0.120. The maximum absolute atomic E-state index is 13.6. The highest BCUT2D eigenvalue weighted by Gasteiger charge is 2.26. The van der Waals surface area contributed by atoms with E-state index in [1.54, 1.807) is 0 Å². The number of carbonyl (C=O) groups is 1. The lowest BCUT2D eigenvalue weighted by Gasteiger charge is -2.35. The standard InChI is InChI=1S/C26H35F2N3O2/c1-16(2)9-18-5-6-25-22(12-18)23(7-8-31(25)4)29-15-26(33)24(30-17(3)32)13-19-10-20(27)14-21(28)11-19/h5-6,10-12,14,16,23-24,26,29,33H,7-9,13,15H2,1-4H3,(H,30,32)/t23-,24-,26-/m0/s1. The zero-order chi connectivity index (χ0) is 24.1. The third-order valence-corrected chi connectivity index (χ3v) is 6.08. The van der Waals surface area contributed by atoms with Gasteiger partial charge in [0.05, 0.1) is 12.1 Å². The fraction of sp³-hybridized carbons (Fsp3) is 0.500. The van der Waals surface area contributed by atoms with Crippen molar-refractivity contribution >= 4 is 11.6 Å². The van der Waals surface area contributed by atoms with Crippen LogP contribution in [0.4, 0.5) is 14.5 Å². The monoisotopic (exact) mass is 459 g/mol. The van der Waals surface area contributed by atoms with E-state index in [1.165, 1.54) is 35.9 Å². The molecule has 7 heteroatoms. The number of nitrogens with zero attached hydrogens (tertiary/aromatic N) is 1. The summed E-state index contributed by atoms with van der Waals surface area (Å²) in [6, 6.07) is 9.24. The van der Waals surface area contributed by atoms with Crippen LogP contribution in [0.15, 0.2) is 36.4 Å². The minimum absolute atomic E-state index is 0.0718. The Bertz CT molecular complexity index is 946. The predicted octanol–water partition coefficient (Wildman–Crippen LogP) is 3.74. The molecule has 1 heterocycles. The summed E-state index contributed by atoms with van der Waals surface area (Å²) in [5, 5.41) is 17.1. The second kappa shape index (κ2) is 11.1. The van der Waals surface area contributed by atoms with Crippen LogP contribution < -0.4 is 15.5 Å². The molecule has 5 nitrogen and oxygen atoms in total. The van der Waals surface area contributed by atoms with Gasteiger partial charge in [-0.1, -0.05) is 26.0 Å². The molecule has 0 saturated heterocycles. The number of fused-ring (bicyclic) bond motifs is 1. The summed E-state index contributed by atoms with van der Waals surface area (Å²) < 4.78 is 27.2. The van der Waals surface area contributed by atoms with Crippen LogP contribution >= 0.6 is 0 Å². The molecule has 0 spiro atoms. The van der Waals surface area contributed by atoms with Crippen molar-refractivity contribution in [3.05, 3.63) is 64.7 Å². The summed E-state index contributed by atoms with van der Waals surface area (Å²) in [7, 11) is 2.08. The number of halogens is 2. The molecular formula is C26H35F2N3O2. The highest BCUT2D eigenvalue weighted by atomic mass is 19.1. The zero-order valence-corrected chi connectivity index (χ0v) is 19.9. The Morgan fingerprint density at radius 3 is 2.45 bits per heavy atom. The molecule has 1 aliphatic heterocycles. The van der Waals surface area contributed by atoms with Crippen molar-refractivity contribution in [2.75, 3.05) is 25.0 Å². The van der Waals surface area contributed by atoms with Crippen molar-refractivity contribution < 1.29 is 18.7 Å². The van der Waals surface area contributed by atoms with Gasteiger partial charge in [0, 0.05) is 44.9 Å². The van der Waals surface area contributed by atoms with Crippen LogP contribution in [0.5, 0.6) is 0 Å². The quantitative estimate of drug-likeness (QED) is 0.535. The van der Waals surface area contributed by atoms with E-state index in [9.17, 15) is 18.7 Å². The van der Waals surface area contributed by atoms with Gasteiger partial charge in [-0.15, -0.1) is 0 Å². The topological polar surface area (TPSA) is 64.6 Å². The number of anilines is 1. The van der Waals surface area contributed by atoms with Crippen LogP contribution in [0.2, 0.25) is 0 Å². The van der Waals surface area contributed by atoms with E-state index in [-0.39, 0.29) is 24.9 Å². The molecule has 180 valence electrons. The fourth-order valence-corrected chi connectivity index (χ4v) is 4.57. The molecule has 0 unspecified atom stereocenters. The van der Waals surface area contributed by atoms with Crippen LogP contribution in [-0.2, 0) is 17.6 Å². The number of carbonyl (C=O) groups excluding carboxylic acids is 1. The number of hydrogen-bond acceptors (Lipinski definition) is 4.